The van der Waals surface area contributed by atoms with Crippen LogP contribution >= 0.6 is 23.4 Å². The Morgan fingerprint density at radius 2 is 2.00 bits per heavy atom. The molecule has 0 aliphatic carbocycles. The Kier molecular flexibility index (Phi) is 5.41. The molecule has 0 fully saturated rings. The third-order valence-corrected chi connectivity index (χ3v) is 4.47. The standard InChI is InChI=1S/C15H12ClNO4S/c16-11-5-3-4-10(8-11)14(9-17(20)21)22-13-7-2-1-6-12(13)15(18)19/h1-8,14H,9H2,(H,18,19). The average molecular weight is 338 g/mol. The van der Waals surface area contributed by atoms with E-state index >= 15 is 0 Å². The van der Waals surface area contributed by atoms with Crippen molar-refractivity contribution in [3.05, 3.63) is 74.8 Å². The van der Waals surface area contributed by atoms with Crippen molar-refractivity contribution in [3.63, 3.8) is 0 Å². The molecular formula is C15H12ClNO4S. The molecule has 0 aliphatic rings. The van der Waals surface area contributed by atoms with Crippen LogP contribution in [0.5, 0.6) is 0 Å². The van der Waals surface area contributed by atoms with E-state index in [1.165, 1.54) is 6.07 Å². The second-order valence-corrected chi connectivity index (χ2v) is 6.16. The Morgan fingerprint density at radius 3 is 2.64 bits per heavy atom. The second kappa shape index (κ2) is 7.29. The van der Waals surface area contributed by atoms with E-state index in [0.29, 0.717) is 15.5 Å². The highest BCUT2D eigenvalue weighted by Crippen LogP contribution is 2.37. The summed E-state index contributed by atoms with van der Waals surface area (Å²) in [4.78, 5) is 22.2. The molecule has 0 aromatic heterocycles. The van der Waals surface area contributed by atoms with E-state index in [2.05, 4.69) is 0 Å². The predicted molar refractivity (Wildman–Crippen MR) is 85.3 cm³/mol. The molecule has 1 unspecified atom stereocenters. The molecule has 22 heavy (non-hydrogen) atoms. The summed E-state index contributed by atoms with van der Waals surface area (Å²) in [6.07, 6.45) is 0. The van der Waals surface area contributed by atoms with Crippen molar-refractivity contribution < 1.29 is 14.8 Å². The monoisotopic (exact) mass is 337 g/mol. The molecule has 5 nitrogen and oxygen atoms in total. The van der Waals surface area contributed by atoms with Gasteiger partial charge in [0.05, 0.1) is 10.8 Å². The maximum atomic E-state index is 11.2. The van der Waals surface area contributed by atoms with Crippen molar-refractivity contribution in [1.82, 2.24) is 0 Å². The highest BCUT2D eigenvalue weighted by Gasteiger charge is 2.22. The lowest BCUT2D eigenvalue weighted by Gasteiger charge is -2.14. The van der Waals surface area contributed by atoms with Gasteiger partial charge < -0.3 is 5.11 Å². The van der Waals surface area contributed by atoms with Crippen LogP contribution in [-0.4, -0.2) is 22.5 Å². The Balaban J connectivity index is 2.35. The van der Waals surface area contributed by atoms with Crippen molar-refractivity contribution in [2.24, 2.45) is 0 Å². The van der Waals surface area contributed by atoms with Gasteiger partial charge in [0, 0.05) is 14.8 Å². The first kappa shape index (κ1) is 16.3. The van der Waals surface area contributed by atoms with Crippen LogP contribution in [0.1, 0.15) is 21.2 Å². The van der Waals surface area contributed by atoms with Crippen molar-refractivity contribution in [2.45, 2.75) is 10.1 Å². The Hall–Kier alpha value is -2.05. The van der Waals surface area contributed by atoms with Crippen molar-refractivity contribution in [2.75, 3.05) is 6.54 Å². The molecular weight excluding hydrogens is 326 g/mol. The summed E-state index contributed by atoms with van der Waals surface area (Å²) >= 11 is 7.09. The lowest BCUT2D eigenvalue weighted by molar-refractivity contribution is -0.479. The van der Waals surface area contributed by atoms with E-state index in [-0.39, 0.29) is 12.1 Å². The average Bonchev–Trinajstić information content (AvgIpc) is 2.46. The molecule has 114 valence electrons. The van der Waals surface area contributed by atoms with Crippen molar-refractivity contribution in [1.29, 1.82) is 0 Å². The predicted octanol–water partition coefficient (Wildman–Crippen LogP) is 4.15. The number of benzene rings is 2. The summed E-state index contributed by atoms with van der Waals surface area (Å²) in [5, 5.41) is 20.1. The zero-order valence-electron chi connectivity index (χ0n) is 11.3. The minimum Gasteiger partial charge on any atom is -0.478 e. The van der Waals surface area contributed by atoms with Crippen LogP contribution < -0.4 is 0 Å². The fourth-order valence-electron chi connectivity index (χ4n) is 1.95. The van der Waals surface area contributed by atoms with Gasteiger partial charge in [0.2, 0.25) is 6.54 Å². The van der Waals surface area contributed by atoms with Crippen LogP contribution in [-0.2, 0) is 0 Å². The summed E-state index contributed by atoms with van der Waals surface area (Å²) in [6.45, 7) is -0.320. The third-order valence-electron chi connectivity index (χ3n) is 2.92. The molecule has 7 heteroatoms. The van der Waals surface area contributed by atoms with Gasteiger partial charge in [-0.1, -0.05) is 35.9 Å². The maximum absolute atomic E-state index is 11.2. The fraction of sp³-hybridized carbons (Fsp3) is 0.133. The SMILES string of the molecule is O=C(O)c1ccccc1SC(C[N+](=O)[O-])c1cccc(Cl)c1. The number of aromatic carboxylic acids is 1. The number of nitrogens with zero attached hydrogens (tertiary/aromatic N) is 1. The molecule has 1 N–H and O–H groups in total. The molecule has 0 spiro atoms. The van der Waals surface area contributed by atoms with Gasteiger partial charge in [0.15, 0.2) is 0 Å². The molecule has 2 aromatic carbocycles. The van der Waals surface area contributed by atoms with E-state index < -0.39 is 16.1 Å². The molecule has 1 atom stereocenters. The summed E-state index contributed by atoms with van der Waals surface area (Å²) in [5.41, 5.74) is 0.817. The molecule has 0 heterocycles. The Morgan fingerprint density at radius 1 is 1.27 bits per heavy atom. The van der Waals surface area contributed by atoms with Crippen LogP contribution in [0, 0.1) is 10.1 Å². The number of hydrogen-bond donors (Lipinski definition) is 1. The number of carboxylic acid groups (broad SMARTS) is 1. The van der Waals surface area contributed by atoms with Gasteiger partial charge >= 0.3 is 5.97 Å². The number of carbonyl (C=O) groups is 1. The smallest absolute Gasteiger partial charge is 0.336 e. The van der Waals surface area contributed by atoms with Crippen molar-refractivity contribution >= 4 is 29.3 Å². The highest BCUT2D eigenvalue weighted by atomic mass is 35.5. The van der Waals surface area contributed by atoms with Crippen LogP contribution in [0.15, 0.2) is 53.4 Å². The second-order valence-electron chi connectivity index (χ2n) is 4.48. The first-order valence-electron chi connectivity index (χ1n) is 6.33. The van der Waals surface area contributed by atoms with Gasteiger partial charge in [-0.05, 0) is 29.8 Å². The van der Waals surface area contributed by atoms with E-state index in [0.717, 1.165) is 11.8 Å². The summed E-state index contributed by atoms with van der Waals surface area (Å²) in [6, 6.07) is 13.3. The molecule has 2 aromatic rings. The van der Waals surface area contributed by atoms with Crippen LogP contribution in [0.25, 0.3) is 0 Å². The van der Waals surface area contributed by atoms with Gasteiger partial charge in [0.25, 0.3) is 0 Å². The number of carboxylic acids is 1. The summed E-state index contributed by atoms with van der Waals surface area (Å²) < 4.78 is 0. The third kappa shape index (κ3) is 4.22. The van der Waals surface area contributed by atoms with E-state index in [1.54, 1.807) is 42.5 Å². The van der Waals surface area contributed by atoms with Crippen LogP contribution in [0.2, 0.25) is 5.02 Å². The first-order chi connectivity index (χ1) is 10.5. The molecule has 0 saturated carbocycles. The zero-order valence-corrected chi connectivity index (χ0v) is 12.9. The molecule has 0 radical (unpaired) electrons. The van der Waals surface area contributed by atoms with Gasteiger partial charge in [-0.2, -0.15) is 0 Å². The number of nitro groups is 1. The molecule has 0 bridgehead atoms. The van der Waals surface area contributed by atoms with Gasteiger partial charge in [0.1, 0.15) is 0 Å². The zero-order chi connectivity index (χ0) is 16.1. The topological polar surface area (TPSA) is 80.4 Å². The van der Waals surface area contributed by atoms with E-state index in [1.807, 2.05) is 0 Å². The Bertz CT molecular complexity index is 707. The Labute approximate surface area is 136 Å². The fourth-order valence-corrected chi connectivity index (χ4v) is 3.38. The number of thioether (sulfide) groups is 1. The van der Waals surface area contributed by atoms with E-state index in [4.69, 9.17) is 11.6 Å². The first-order valence-corrected chi connectivity index (χ1v) is 7.59. The van der Waals surface area contributed by atoms with Gasteiger partial charge in [-0.3, -0.25) is 10.1 Å². The number of hydrogen-bond acceptors (Lipinski definition) is 4. The van der Waals surface area contributed by atoms with E-state index in [9.17, 15) is 20.0 Å². The minimum atomic E-state index is -1.06. The normalized spacial score (nSPS) is 11.9. The number of halogens is 1. The lowest BCUT2D eigenvalue weighted by Crippen LogP contribution is -2.10. The van der Waals surface area contributed by atoms with Crippen LogP contribution in [0.4, 0.5) is 0 Å². The molecule has 0 amide bonds. The highest BCUT2D eigenvalue weighted by molar-refractivity contribution is 7.99. The maximum Gasteiger partial charge on any atom is 0.336 e. The largest absolute Gasteiger partial charge is 0.478 e. The quantitative estimate of drug-likeness (QED) is 0.486. The van der Waals surface area contributed by atoms with Gasteiger partial charge in [-0.25, -0.2) is 4.79 Å². The van der Waals surface area contributed by atoms with Crippen molar-refractivity contribution in [3.8, 4) is 0 Å². The molecule has 0 saturated heterocycles. The minimum absolute atomic E-state index is 0.128. The lowest BCUT2D eigenvalue weighted by atomic mass is 10.1. The molecule has 0 aliphatic heterocycles. The summed E-state index contributed by atoms with van der Waals surface area (Å²) in [7, 11) is 0. The van der Waals surface area contributed by atoms with Crippen LogP contribution in [0.3, 0.4) is 0 Å². The summed E-state index contributed by atoms with van der Waals surface area (Å²) in [5.74, 6) is -1.06. The number of rotatable bonds is 6. The van der Waals surface area contributed by atoms with Gasteiger partial charge in [-0.15, -0.1) is 11.8 Å². The molecule has 2 rings (SSSR count).